The Morgan fingerprint density at radius 1 is 1.33 bits per heavy atom. The minimum atomic E-state index is 0.0115. The summed E-state index contributed by atoms with van der Waals surface area (Å²) in [5.74, 6) is 0.823. The molecule has 0 radical (unpaired) electrons. The second kappa shape index (κ2) is 7.68. The molecule has 0 unspecified atom stereocenters. The van der Waals surface area contributed by atoms with Crippen molar-refractivity contribution in [3.05, 3.63) is 30.0 Å². The topological polar surface area (TPSA) is 57.8 Å². The zero-order chi connectivity index (χ0) is 16.9. The third kappa shape index (κ3) is 3.88. The fraction of sp³-hybridized carbons (Fsp3) is 0.500. The first-order valence-corrected chi connectivity index (χ1v) is 8.48. The Bertz CT molecular complexity index is 692. The Morgan fingerprint density at radius 3 is 2.88 bits per heavy atom. The molecule has 1 aliphatic heterocycles. The van der Waals surface area contributed by atoms with Crippen LogP contribution in [0, 0.1) is 0 Å². The highest BCUT2D eigenvalue weighted by Gasteiger charge is 2.17. The van der Waals surface area contributed by atoms with Gasteiger partial charge >= 0.3 is 0 Å². The van der Waals surface area contributed by atoms with Crippen LogP contribution in [0.3, 0.4) is 0 Å². The number of carbonyl (C=O) groups is 1. The molecule has 6 heteroatoms. The highest BCUT2D eigenvalue weighted by molar-refractivity contribution is 5.98. The molecule has 0 aliphatic carbocycles. The minimum absolute atomic E-state index is 0.0115. The summed E-state index contributed by atoms with van der Waals surface area (Å²) in [6.07, 6.45) is 0. The molecule has 24 heavy (non-hydrogen) atoms. The van der Waals surface area contributed by atoms with Crippen molar-refractivity contribution < 1.29 is 14.3 Å². The van der Waals surface area contributed by atoms with E-state index in [9.17, 15) is 4.79 Å². The summed E-state index contributed by atoms with van der Waals surface area (Å²) < 4.78 is 10.9. The van der Waals surface area contributed by atoms with E-state index in [0.717, 1.165) is 49.5 Å². The van der Waals surface area contributed by atoms with E-state index in [2.05, 4.69) is 9.88 Å². The number of morpholine rings is 1. The molecule has 2 heterocycles. The van der Waals surface area contributed by atoms with Crippen molar-refractivity contribution in [2.24, 2.45) is 0 Å². The number of rotatable bonds is 6. The van der Waals surface area contributed by atoms with Crippen LogP contribution in [0.5, 0.6) is 5.75 Å². The lowest BCUT2D eigenvalue weighted by molar-refractivity contribution is 0.0338. The van der Waals surface area contributed by atoms with E-state index in [1.807, 2.05) is 38.2 Å². The van der Waals surface area contributed by atoms with Crippen molar-refractivity contribution in [1.29, 1.82) is 0 Å². The number of nitrogens with one attached hydrogen (secondary N) is 1. The van der Waals surface area contributed by atoms with Gasteiger partial charge in [-0.2, -0.15) is 0 Å². The number of fused-ring (bicyclic) bond motifs is 1. The molecule has 0 bridgehead atoms. The predicted molar refractivity (Wildman–Crippen MR) is 93.7 cm³/mol. The van der Waals surface area contributed by atoms with Crippen LogP contribution in [-0.4, -0.2) is 73.7 Å². The summed E-state index contributed by atoms with van der Waals surface area (Å²) in [5, 5.41) is 1.02. The van der Waals surface area contributed by atoms with Crippen LogP contribution in [0.25, 0.3) is 10.9 Å². The second-order valence-electron chi connectivity index (χ2n) is 6.05. The molecule has 6 nitrogen and oxygen atoms in total. The van der Waals surface area contributed by atoms with Gasteiger partial charge in [-0.05, 0) is 25.1 Å². The van der Waals surface area contributed by atoms with E-state index in [1.165, 1.54) is 0 Å². The molecule has 1 saturated heterocycles. The number of nitrogens with zero attached hydrogens (tertiary/aromatic N) is 2. The molecule has 2 aromatic rings. The quantitative estimate of drug-likeness (QED) is 0.879. The minimum Gasteiger partial charge on any atom is -0.494 e. The van der Waals surface area contributed by atoms with Gasteiger partial charge in [0.2, 0.25) is 0 Å². The van der Waals surface area contributed by atoms with Crippen LogP contribution in [-0.2, 0) is 4.74 Å². The smallest absolute Gasteiger partial charge is 0.270 e. The maximum Gasteiger partial charge on any atom is 0.270 e. The largest absolute Gasteiger partial charge is 0.494 e. The lowest BCUT2D eigenvalue weighted by atomic mass is 10.2. The molecular weight excluding hydrogens is 306 g/mol. The molecule has 3 rings (SSSR count). The molecule has 1 N–H and O–H groups in total. The molecule has 0 saturated carbocycles. The van der Waals surface area contributed by atoms with E-state index in [1.54, 1.807) is 4.90 Å². The molecule has 1 aromatic carbocycles. The standard InChI is InChI=1S/C18H25N3O3/c1-3-24-15-5-4-14-12-17(19-16(14)13-15)18(22)20(2)6-7-21-8-10-23-11-9-21/h4-5,12-13,19H,3,6-11H2,1-2H3. The number of aromatic nitrogens is 1. The first-order chi connectivity index (χ1) is 11.7. The summed E-state index contributed by atoms with van der Waals surface area (Å²) in [4.78, 5) is 19.9. The fourth-order valence-electron chi connectivity index (χ4n) is 2.90. The third-order valence-corrected chi connectivity index (χ3v) is 4.34. The number of aromatic amines is 1. The highest BCUT2D eigenvalue weighted by atomic mass is 16.5. The Morgan fingerprint density at radius 2 is 2.12 bits per heavy atom. The number of benzene rings is 1. The van der Waals surface area contributed by atoms with Crippen molar-refractivity contribution >= 4 is 16.8 Å². The molecule has 0 atom stereocenters. The van der Waals surface area contributed by atoms with Gasteiger partial charge in [0, 0.05) is 50.2 Å². The Kier molecular flexibility index (Phi) is 5.37. The lowest BCUT2D eigenvalue weighted by Gasteiger charge is -2.28. The number of H-pyrrole nitrogens is 1. The van der Waals surface area contributed by atoms with Gasteiger partial charge in [0.1, 0.15) is 11.4 Å². The van der Waals surface area contributed by atoms with Gasteiger partial charge in [0.25, 0.3) is 5.91 Å². The number of likely N-dealkylation sites (N-methyl/N-ethyl adjacent to an activating group) is 1. The van der Waals surface area contributed by atoms with Gasteiger partial charge in [-0.3, -0.25) is 9.69 Å². The van der Waals surface area contributed by atoms with Gasteiger partial charge in [0.05, 0.1) is 19.8 Å². The summed E-state index contributed by atoms with van der Waals surface area (Å²) in [6, 6.07) is 7.74. The summed E-state index contributed by atoms with van der Waals surface area (Å²) >= 11 is 0. The SMILES string of the molecule is CCOc1ccc2cc(C(=O)N(C)CCN3CCOCC3)[nH]c2c1. The van der Waals surface area contributed by atoms with Crippen LogP contribution in [0.4, 0.5) is 0 Å². The Labute approximate surface area is 142 Å². The van der Waals surface area contributed by atoms with E-state index in [0.29, 0.717) is 18.8 Å². The number of carbonyl (C=O) groups excluding carboxylic acids is 1. The molecule has 1 aliphatic rings. The molecule has 1 aromatic heterocycles. The van der Waals surface area contributed by atoms with E-state index in [4.69, 9.17) is 9.47 Å². The van der Waals surface area contributed by atoms with Gasteiger partial charge in [-0.15, -0.1) is 0 Å². The van der Waals surface area contributed by atoms with Gasteiger partial charge in [-0.1, -0.05) is 0 Å². The fourth-order valence-corrected chi connectivity index (χ4v) is 2.90. The van der Waals surface area contributed by atoms with Gasteiger partial charge in [0.15, 0.2) is 0 Å². The summed E-state index contributed by atoms with van der Waals surface area (Å²) in [6.45, 7) is 7.60. The highest BCUT2D eigenvalue weighted by Crippen LogP contribution is 2.22. The van der Waals surface area contributed by atoms with Crippen LogP contribution in [0.2, 0.25) is 0 Å². The number of hydrogen-bond acceptors (Lipinski definition) is 4. The van der Waals surface area contributed by atoms with Crippen molar-refractivity contribution in [3.63, 3.8) is 0 Å². The van der Waals surface area contributed by atoms with Crippen LogP contribution < -0.4 is 4.74 Å². The van der Waals surface area contributed by atoms with Crippen molar-refractivity contribution in [2.75, 3.05) is 53.0 Å². The third-order valence-electron chi connectivity index (χ3n) is 4.34. The number of amides is 1. The van der Waals surface area contributed by atoms with Crippen molar-refractivity contribution in [1.82, 2.24) is 14.8 Å². The van der Waals surface area contributed by atoms with Crippen LogP contribution in [0.1, 0.15) is 17.4 Å². The van der Waals surface area contributed by atoms with Gasteiger partial charge in [-0.25, -0.2) is 0 Å². The molecule has 1 amide bonds. The number of hydrogen-bond donors (Lipinski definition) is 1. The number of ether oxygens (including phenoxy) is 2. The molecule has 130 valence electrons. The molecular formula is C18H25N3O3. The molecule has 0 spiro atoms. The van der Waals surface area contributed by atoms with Gasteiger partial charge < -0.3 is 19.4 Å². The van der Waals surface area contributed by atoms with E-state index < -0.39 is 0 Å². The summed E-state index contributed by atoms with van der Waals surface area (Å²) in [5.41, 5.74) is 1.54. The molecule has 1 fully saturated rings. The maximum absolute atomic E-state index is 12.6. The van der Waals surface area contributed by atoms with E-state index in [-0.39, 0.29) is 5.91 Å². The first-order valence-electron chi connectivity index (χ1n) is 8.48. The van der Waals surface area contributed by atoms with Crippen molar-refractivity contribution in [2.45, 2.75) is 6.92 Å². The van der Waals surface area contributed by atoms with Crippen LogP contribution in [0.15, 0.2) is 24.3 Å². The Hall–Kier alpha value is -2.05. The van der Waals surface area contributed by atoms with E-state index >= 15 is 0 Å². The summed E-state index contributed by atoms with van der Waals surface area (Å²) in [7, 11) is 1.85. The maximum atomic E-state index is 12.6. The zero-order valence-electron chi connectivity index (χ0n) is 14.4. The van der Waals surface area contributed by atoms with Crippen molar-refractivity contribution in [3.8, 4) is 5.75 Å². The second-order valence-corrected chi connectivity index (χ2v) is 6.05. The first kappa shape index (κ1) is 16.8. The average Bonchev–Trinajstić information content (AvgIpc) is 3.03. The monoisotopic (exact) mass is 331 g/mol. The Balaban J connectivity index is 1.63. The zero-order valence-corrected chi connectivity index (χ0v) is 14.4. The lowest BCUT2D eigenvalue weighted by Crippen LogP contribution is -2.42. The predicted octanol–water partition coefficient (Wildman–Crippen LogP) is 1.97. The van der Waals surface area contributed by atoms with Crippen LogP contribution >= 0.6 is 0 Å². The average molecular weight is 331 g/mol. The normalized spacial score (nSPS) is 15.6.